The normalized spacial score (nSPS) is 18.1. The van der Waals surface area contributed by atoms with Gasteiger partial charge in [0.2, 0.25) is 11.9 Å². The maximum atomic E-state index is 12.8. The first-order valence-electron chi connectivity index (χ1n) is 10.4. The van der Waals surface area contributed by atoms with Gasteiger partial charge in [0.25, 0.3) is 5.56 Å². The molecule has 0 saturated carbocycles. The van der Waals surface area contributed by atoms with E-state index in [0.717, 1.165) is 42.5 Å². The monoisotopic (exact) mass is 468 g/mol. The Bertz CT molecular complexity index is 1230. The Morgan fingerprint density at radius 1 is 0.938 bits per heavy atom. The van der Waals surface area contributed by atoms with E-state index in [-0.39, 0.29) is 5.56 Å². The van der Waals surface area contributed by atoms with Crippen LogP contribution in [0.25, 0.3) is 0 Å². The van der Waals surface area contributed by atoms with Crippen molar-refractivity contribution in [1.29, 1.82) is 0 Å². The highest BCUT2D eigenvalue weighted by atomic mass is 35.5. The summed E-state index contributed by atoms with van der Waals surface area (Å²) in [6, 6.07) is 16.8. The summed E-state index contributed by atoms with van der Waals surface area (Å²) in [6.07, 6.45) is -0.509. The molecule has 164 valence electrons. The Balaban J connectivity index is 1.44. The number of fused-ring (bicyclic) bond motifs is 1. The molecule has 1 N–H and O–H groups in total. The van der Waals surface area contributed by atoms with Crippen LogP contribution in [-0.2, 0) is 0 Å². The quantitative estimate of drug-likeness (QED) is 0.615. The van der Waals surface area contributed by atoms with Crippen molar-refractivity contribution in [3.8, 4) is 0 Å². The number of halogens is 2. The molecule has 3 heterocycles. The van der Waals surface area contributed by atoms with Crippen LogP contribution in [0.2, 0.25) is 10.0 Å². The first-order chi connectivity index (χ1) is 15.5. The molecule has 7 nitrogen and oxygen atoms in total. The van der Waals surface area contributed by atoms with Crippen molar-refractivity contribution in [2.24, 2.45) is 4.99 Å². The third kappa shape index (κ3) is 4.06. The van der Waals surface area contributed by atoms with Gasteiger partial charge in [-0.2, -0.15) is 0 Å². The number of nitrogens with one attached hydrogen (secondary N) is 1. The molecule has 1 saturated heterocycles. The van der Waals surface area contributed by atoms with Crippen LogP contribution in [0, 0.1) is 6.92 Å². The number of aryl methyl sites for hydroxylation is 1. The molecule has 32 heavy (non-hydrogen) atoms. The number of anilines is 2. The lowest BCUT2D eigenvalue weighted by molar-refractivity contribution is 0.376. The minimum atomic E-state index is -0.509. The first kappa shape index (κ1) is 20.8. The molecular weight excluding hydrogens is 447 g/mol. The summed E-state index contributed by atoms with van der Waals surface area (Å²) in [5, 5.41) is 4.66. The van der Waals surface area contributed by atoms with E-state index in [1.165, 1.54) is 6.07 Å². The summed E-state index contributed by atoms with van der Waals surface area (Å²) in [5.41, 5.74) is 2.51. The van der Waals surface area contributed by atoms with Gasteiger partial charge >= 0.3 is 0 Å². The van der Waals surface area contributed by atoms with Crippen LogP contribution >= 0.6 is 23.2 Å². The average Bonchev–Trinajstić information content (AvgIpc) is 2.79. The largest absolute Gasteiger partial charge is 0.368 e. The van der Waals surface area contributed by atoms with E-state index >= 15 is 0 Å². The predicted octanol–water partition coefficient (Wildman–Crippen LogP) is 4.01. The molecule has 2 aliphatic heterocycles. The Morgan fingerprint density at radius 2 is 1.66 bits per heavy atom. The SMILES string of the molecule is Cc1cc(=O)n2c(n1)NC(N1CCN(c3cccc(Cl)c3)CC1)=N[C@H]2c1ccc(Cl)cc1. The molecule has 1 aromatic heterocycles. The number of piperazine rings is 1. The lowest BCUT2D eigenvalue weighted by Crippen LogP contribution is -2.52. The molecule has 0 unspecified atom stereocenters. The maximum absolute atomic E-state index is 12.8. The third-order valence-corrected chi connectivity index (χ3v) is 6.20. The van der Waals surface area contributed by atoms with Gasteiger partial charge in [0.1, 0.15) is 0 Å². The van der Waals surface area contributed by atoms with Crippen molar-refractivity contribution < 1.29 is 0 Å². The van der Waals surface area contributed by atoms with Gasteiger partial charge in [0.15, 0.2) is 6.17 Å². The van der Waals surface area contributed by atoms with Gasteiger partial charge in [-0.15, -0.1) is 0 Å². The van der Waals surface area contributed by atoms with Crippen LogP contribution in [-0.4, -0.2) is 46.6 Å². The molecule has 0 radical (unpaired) electrons. The zero-order chi connectivity index (χ0) is 22.2. The van der Waals surface area contributed by atoms with Crippen LogP contribution in [0.3, 0.4) is 0 Å². The van der Waals surface area contributed by atoms with Gasteiger partial charge in [0.05, 0.1) is 0 Å². The summed E-state index contributed by atoms with van der Waals surface area (Å²) in [6.45, 7) is 5.04. The molecule has 3 aromatic rings. The lowest BCUT2D eigenvalue weighted by atomic mass is 10.1. The second-order valence-corrected chi connectivity index (χ2v) is 8.76. The Kier molecular flexibility index (Phi) is 5.53. The number of aromatic nitrogens is 2. The van der Waals surface area contributed by atoms with E-state index in [9.17, 15) is 4.79 Å². The fourth-order valence-corrected chi connectivity index (χ4v) is 4.42. The second kappa shape index (κ2) is 8.48. The summed E-state index contributed by atoms with van der Waals surface area (Å²) in [4.78, 5) is 26.8. The summed E-state index contributed by atoms with van der Waals surface area (Å²) in [7, 11) is 0. The third-order valence-electron chi connectivity index (χ3n) is 5.71. The van der Waals surface area contributed by atoms with Gasteiger partial charge < -0.3 is 9.80 Å². The maximum Gasteiger partial charge on any atom is 0.257 e. The molecule has 9 heteroatoms. The van der Waals surface area contributed by atoms with Crippen LogP contribution in [0.4, 0.5) is 11.6 Å². The van der Waals surface area contributed by atoms with Crippen molar-refractivity contribution >= 4 is 40.8 Å². The van der Waals surface area contributed by atoms with Gasteiger partial charge in [-0.25, -0.2) is 9.98 Å². The van der Waals surface area contributed by atoms with E-state index in [4.69, 9.17) is 28.2 Å². The summed E-state index contributed by atoms with van der Waals surface area (Å²) >= 11 is 12.2. The first-order valence-corrected chi connectivity index (χ1v) is 11.2. The fourth-order valence-electron chi connectivity index (χ4n) is 4.10. The summed E-state index contributed by atoms with van der Waals surface area (Å²) < 4.78 is 1.59. The smallest absolute Gasteiger partial charge is 0.257 e. The van der Waals surface area contributed by atoms with Crippen LogP contribution in [0.1, 0.15) is 17.4 Å². The molecule has 2 aromatic carbocycles. The number of hydrogen-bond acceptors (Lipinski definition) is 6. The number of guanidine groups is 1. The predicted molar refractivity (Wildman–Crippen MR) is 129 cm³/mol. The van der Waals surface area contributed by atoms with E-state index in [1.54, 1.807) is 4.57 Å². The van der Waals surface area contributed by atoms with Gasteiger partial charge in [-0.1, -0.05) is 41.4 Å². The van der Waals surface area contributed by atoms with Crippen molar-refractivity contribution in [3.05, 3.63) is 86.3 Å². The Morgan fingerprint density at radius 3 is 2.38 bits per heavy atom. The van der Waals surface area contributed by atoms with Crippen molar-refractivity contribution in [3.63, 3.8) is 0 Å². The minimum Gasteiger partial charge on any atom is -0.368 e. The van der Waals surface area contributed by atoms with Crippen LogP contribution < -0.4 is 15.8 Å². The number of rotatable bonds is 2. The molecule has 1 fully saturated rings. The summed E-state index contributed by atoms with van der Waals surface area (Å²) in [5.74, 6) is 1.21. The topological polar surface area (TPSA) is 65.8 Å². The number of aliphatic imine (C=N–C) groups is 1. The molecule has 2 aliphatic rings. The molecule has 0 aliphatic carbocycles. The Hall–Kier alpha value is -3.03. The molecule has 1 atom stereocenters. The minimum absolute atomic E-state index is 0.145. The molecule has 0 bridgehead atoms. The number of nitrogens with zero attached hydrogens (tertiary/aromatic N) is 5. The van der Waals surface area contributed by atoms with Gasteiger partial charge in [-0.3, -0.25) is 14.7 Å². The highest BCUT2D eigenvalue weighted by Crippen LogP contribution is 2.28. The van der Waals surface area contributed by atoms with Crippen molar-refractivity contribution in [1.82, 2.24) is 14.5 Å². The standard InChI is InChI=1S/C23H22Cl2N6O/c1-15-13-20(32)31-21(16-5-7-17(24)8-6-16)27-22(28-23(31)26-15)30-11-9-29(10-12-30)19-4-2-3-18(25)14-19/h2-8,13-14,21H,9-12H2,1H3,(H,26,27,28)/t21-/m1/s1. The molecule has 5 rings (SSSR count). The van der Waals surface area contributed by atoms with Crippen molar-refractivity contribution in [2.45, 2.75) is 13.1 Å². The zero-order valence-electron chi connectivity index (χ0n) is 17.5. The molecular formula is C23H22Cl2N6O. The van der Waals surface area contributed by atoms with Crippen LogP contribution in [0.15, 0.2) is 64.4 Å². The van der Waals surface area contributed by atoms with E-state index < -0.39 is 6.17 Å². The number of benzene rings is 2. The van der Waals surface area contributed by atoms with Gasteiger partial charge in [-0.05, 0) is 42.8 Å². The fraction of sp³-hybridized carbons (Fsp3) is 0.261. The van der Waals surface area contributed by atoms with Crippen LogP contribution in [0.5, 0.6) is 0 Å². The van der Waals surface area contributed by atoms with E-state index in [1.807, 2.05) is 49.4 Å². The van der Waals surface area contributed by atoms with E-state index in [2.05, 4.69) is 26.2 Å². The van der Waals surface area contributed by atoms with E-state index in [0.29, 0.717) is 22.6 Å². The van der Waals surface area contributed by atoms with Crippen molar-refractivity contribution in [2.75, 3.05) is 36.4 Å². The Labute approximate surface area is 195 Å². The van der Waals surface area contributed by atoms with Gasteiger partial charge in [0, 0.05) is 53.7 Å². The second-order valence-electron chi connectivity index (χ2n) is 7.89. The zero-order valence-corrected chi connectivity index (χ0v) is 19.0. The molecule has 0 spiro atoms. The lowest BCUT2D eigenvalue weighted by Gasteiger charge is -2.39. The molecule has 0 amide bonds. The number of hydrogen-bond donors (Lipinski definition) is 1. The highest BCUT2D eigenvalue weighted by molar-refractivity contribution is 6.31. The average molecular weight is 469 g/mol. The highest BCUT2D eigenvalue weighted by Gasteiger charge is 2.29.